The smallest absolute Gasteiger partial charge is 0.313 e. The molecular weight excluding hydrogens is 592 g/mol. The molecule has 10 nitrogen and oxygen atoms in total. The fourth-order valence-corrected chi connectivity index (χ4v) is 6.71. The maximum absolute atomic E-state index is 14.1. The van der Waals surface area contributed by atoms with Crippen LogP contribution in [0, 0.1) is 17.6 Å². The third-order valence-corrected chi connectivity index (χ3v) is 9.43. The van der Waals surface area contributed by atoms with Crippen LogP contribution in [0.2, 0.25) is 0 Å². The van der Waals surface area contributed by atoms with Crippen LogP contribution in [-0.2, 0) is 20.8 Å². The van der Waals surface area contributed by atoms with Crippen LogP contribution in [0.25, 0.3) is 5.57 Å². The van der Waals surface area contributed by atoms with Crippen molar-refractivity contribution in [2.75, 3.05) is 27.2 Å². The lowest BCUT2D eigenvalue weighted by Crippen LogP contribution is -2.81. The zero-order valence-corrected chi connectivity index (χ0v) is 24.3. The number of amides is 2. The van der Waals surface area contributed by atoms with Gasteiger partial charge in [-0.25, -0.2) is 17.6 Å². The zero-order chi connectivity index (χ0) is 31.1. The Labute approximate surface area is 248 Å². The van der Waals surface area contributed by atoms with E-state index in [4.69, 9.17) is 0 Å². The SMILES string of the molecule is CNC1(N(C)C(=O)C2=C(O)C(=O)C(c3nnc(Cc4ccc(F)cc4F)s3)=C[NH2+]2)CCC(C(=O)N2CCC(F)(F)C2)CC1. The van der Waals surface area contributed by atoms with Crippen molar-refractivity contribution in [1.29, 1.82) is 0 Å². The van der Waals surface area contributed by atoms with Crippen LogP contribution >= 0.6 is 11.3 Å². The summed E-state index contributed by atoms with van der Waals surface area (Å²) in [4.78, 5) is 42.1. The third kappa shape index (κ3) is 6.06. The van der Waals surface area contributed by atoms with E-state index in [9.17, 15) is 37.1 Å². The molecule has 1 aromatic carbocycles. The zero-order valence-electron chi connectivity index (χ0n) is 23.5. The highest BCUT2D eigenvalue weighted by atomic mass is 32.1. The van der Waals surface area contributed by atoms with Crippen molar-refractivity contribution in [2.45, 2.75) is 50.1 Å². The number of halogens is 4. The number of rotatable bonds is 7. The van der Waals surface area contributed by atoms with Crippen LogP contribution in [0.5, 0.6) is 0 Å². The number of allylic oxidation sites excluding steroid dienone is 1. The van der Waals surface area contributed by atoms with Gasteiger partial charge in [-0.3, -0.25) is 25.0 Å². The number of nitrogens with two attached hydrogens (primary N) is 1. The number of carbonyl (C=O) groups is 3. The van der Waals surface area contributed by atoms with Crippen LogP contribution in [0.3, 0.4) is 0 Å². The first-order chi connectivity index (χ1) is 20.3. The summed E-state index contributed by atoms with van der Waals surface area (Å²) in [6, 6.07) is 3.19. The number of carbonyl (C=O) groups excluding carboxylic acids is 3. The molecule has 2 amide bonds. The molecule has 0 bridgehead atoms. The van der Waals surface area contributed by atoms with Crippen molar-refractivity contribution >= 4 is 34.5 Å². The van der Waals surface area contributed by atoms with Crippen LogP contribution in [0.4, 0.5) is 17.6 Å². The van der Waals surface area contributed by atoms with Crippen LogP contribution in [0.1, 0.15) is 47.7 Å². The molecule has 1 saturated heterocycles. The van der Waals surface area contributed by atoms with Gasteiger partial charge in [0.25, 0.3) is 5.92 Å². The highest BCUT2D eigenvalue weighted by Gasteiger charge is 2.47. The number of hydrogen-bond donors (Lipinski definition) is 3. The number of nitrogens with zero attached hydrogens (tertiary/aromatic N) is 4. The first-order valence-corrected chi connectivity index (χ1v) is 14.6. The lowest BCUT2D eigenvalue weighted by molar-refractivity contribution is -0.531. The van der Waals surface area contributed by atoms with E-state index in [1.807, 2.05) is 0 Å². The maximum Gasteiger partial charge on any atom is 0.313 e. The minimum absolute atomic E-state index is 0.00914. The van der Waals surface area contributed by atoms with Gasteiger partial charge in [-0.05, 0) is 44.4 Å². The van der Waals surface area contributed by atoms with E-state index in [-0.39, 0.29) is 47.1 Å². The second-order valence-corrected chi connectivity index (χ2v) is 12.1. The van der Waals surface area contributed by atoms with Crippen LogP contribution < -0.4 is 10.6 Å². The van der Waals surface area contributed by atoms with Crippen molar-refractivity contribution in [1.82, 2.24) is 25.3 Å². The van der Waals surface area contributed by atoms with Crippen molar-refractivity contribution < 1.29 is 42.4 Å². The molecule has 2 aliphatic heterocycles. The maximum atomic E-state index is 14.1. The molecule has 1 aromatic heterocycles. The molecule has 0 atom stereocenters. The molecule has 0 unspecified atom stereocenters. The average molecular weight is 624 g/mol. The van der Waals surface area contributed by atoms with Crippen molar-refractivity contribution in [3.05, 3.63) is 63.1 Å². The van der Waals surface area contributed by atoms with Crippen LogP contribution in [0.15, 0.2) is 35.9 Å². The van der Waals surface area contributed by atoms with E-state index < -0.39 is 53.1 Å². The van der Waals surface area contributed by atoms with E-state index in [2.05, 4.69) is 15.5 Å². The average Bonchev–Trinajstić information content (AvgIpc) is 3.60. The molecule has 0 radical (unpaired) electrons. The Morgan fingerprint density at radius 3 is 2.56 bits per heavy atom. The lowest BCUT2D eigenvalue weighted by Gasteiger charge is -2.46. The number of hydrogen-bond acceptors (Lipinski definition) is 8. The number of likely N-dealkylation sites (N-methyl/N-ethyl adjacent to an activating group) is 1. The lowest BCUT2D eigenvalue weighted by atomic mass is 9.80. The summed E-state index contributed by atoms with van der Waals surface area (Å²) >= 11 is 1.00. The van der Waals surface area contributed by atoms with Gasteiger partial charge in [-0.2, -0.15) is 0 Å². The predicted octanol–water partition coefficient (Wildman–Crippen LogP) is 2.10. The first kappa shape index (κ1) is 30.8. The Kier molecular flexibility index (Phi) is 8.42. The number of quaternary nitrogens is 1. The molecule has 15 heteroatoms. The number of Topliss-reactive ketones (excluding diaryl/α,β-unsaturated/α-hetero) is 1. The molecule has 2 aromatic rings. The van der Waals surface area contributed by atoms with E-state index in [0.717, 1.165) is 23.5 Å². The summed E-state index contributed by atoms with van der Waals surface area (Å²) in [5.74, 6) is -7.26. The molecule has 2 fully saturated rings. The van der Waals surface area contributed by atoms with E-state index in [1.165, 1.54) is 34.4 Å². The fraction of sp³-hybridized carbons (Fsp3) is 0.464. The van der Waals surface area contributed by atoms with Gasteiger partial charge in [0.1, 0.15) is 28.4 Å². The van der Waals surface area contributed by atoms with E-state index in [1.54, 1.807) is 7.05 Å². The number of ketones is 1. The minimum atomic E-state index is -2.87. The Balaban J connectivity index is 1.24. The summed E-state index contributed by atoms with van der Waals surface area (Å²) in [5.41, 5.74) is -0.898. The molecular formula is C28H31F4N6O4S+. The number of benzene rings is 1. The molecule has 4 N–H and O–H groups in total. The van der Waals surface area contributed by atoms with Crippen molar-refractivity contribution in [2.24, 2.45) is 5.92 Å². The highest BCUT2D eigenvalue weighted by molar-refractivity contribution is 7.12. The van der Waals surface area contributed by atoms with E-state index >= 15 is 0 Å². The number of nitrogens with one attached hydrogen (secondary N) is 1. The van der Waals surface area contributed by atoms with Gasteiger partial charge >= 0.3 is 5.91 Å². The minimum Gasteiger partial charge on any atom is -0.500 e. The summed E-state index contributed by atoms with van der Waals surface area (Å²) in [7, 11) is 3.20. The molecule has 3 aliphatic rings. The quantitative estimate of drug-likeness (QED) is 0.318. The third-order valence-electron chi connectivity index (χ3n) is 8.47. The van der Waals surface area contributed by atoms with Gasteiger partial charge in [0.15, 0.2) is 5.01 Å². The molecule has 1 saturated carbocycles. The Hall–Kier alpha value is -3.69. The summed E-state index contributed by atoms with van der Waals surface area (Å²) in [6.07, 6.45) is 2.50. The summed E-state index contributed by atoms with van der Waals surface area (Å²) in [6.45, 7) is -0.550. The second-order valence-electron chi connectivity index (χ2n) is 11.0. The number of aromatic nitrogens is 2. The normalized spacial score (nSPS) is 23.9. The molecule has 0 spiro atoms. The van der Waals surface area contributed by atoms with E-state index in [0.29, 0.717) is 30.7 Å². The number of aliphatic hydroxyl groups is 1. The highest BCUT2D eigenvalue weighted by Crippen LogP contribution is 2.37. The van der Waals surface area contributed by atoms with Gasteiger partial charge in [0.2, 0.25) is 23.1 Å². The summed E-state index contributed by atoms with van der Waals surface area (Å²) in [5, 5.41) is 23.7. The van der Waals surface area contributed by atoms with Crippen molar-refractivity contribution in [3.8, 4) is 0 Å². The number of aliphatic hydroxyl groups excluding tert-OH is 1. The van der Waals surface area contributed by atoms with Crippen LogP contribution in [-0.4, -0.2) is 81.5 Å². The van der Waals surface area contributed by atoms with Gasteiger partial charge in [0, 0.05) is 38.4 Å². The molecule has 5 rings (SSSR count). The monoisotopic (exact) mass is 623 g/mol. The second kappa shape index (κ2) is 11.8. The number of alkyl halides is 2. The van der Waals surface area contributed by atoms with Gasteiger partial charge < -0.3 is 14.9 Å². The Bertz CT molecular complexity index is 1520. The van der Waals surface area contributed by atoms with Gasteiger partial charge in [-0.1, -0.05) is 17.4 Å². The molecule has 230 valence electrons. The predicted molar refractivity (Wildman–Crippen MR) is 146 cm³/mol. The molecule has 3 heterocycles. The largest absolute Gasteiger partial charge is 0.500 e. The molecule has 43 heavy (non-hydrogen) atoms. The van der Waals surface area contributed by atoms with Gasteiger partial charge in [-0.15, -0.1) is 10.2 Å². The van der Waals surface area contributed by atoms with Gasteiger partial charge in [0.05, 0.1) is 12.2 Å². The Morgan fingerprint density at radius 2 is 1.93 bits per heavy atom. The van der Waals surface area contributed by atoms with Crippen molar-refractivity contribution in [3.63, 3.8) is 0 Å². The fourth-order valence-electron chi connectivity index (χ4n) is 5.83. The molecule has 1 aliphatic carbocycles. The topological polar surface area (TPSA) is 132 Å². The number of likely N-dealkylation sites (tertiary alicyclic amines) is 1. The summed E-state index contributed by atoms with van der Waals surface area (Å²) < 4.78 is 54.5. The Morgan fingerprint density at radius 1 is 1.21 bits per heavy atom. The first-order valence-electron chi connectivity index (χ1n) is 13.8. The standard InChI is InChI=1S/C28H30F4N6O4S/c1-33-28(7-5-15(6-8-28)25(41)38-10-9-27(31,32)14-38)37(2)26(42)21-23(40)22(39)18(13-34-21)24-36-35-20(43-24)11-16-3-4-17(29)12-19(16)30/h3-4,12-13,15,33,40H,5-11,14H2,1-2H3,(H,34,39)/p+1.